The Labute approximate surface area is 112 Å². The van der Waals surface area contributed by atoms with E-state index >= 15 is 0 Å². The third-order valence-electron chi connectivity index (χ3n) is 3.03. The first-order chi connectivity index (χ1) is 8.69. The van der Waals surface area contributed by atoms with Gasteiger partial charge in [0, 0.05) is 30.1 Å². The highest BCUT2D eigenvalue weighted by Crippen LogP contribution is 2.20. The van der Waals surface area contributed by atoms with Crippen LogP contribution in [0.5, 0.6) is 0 Å². The molecule has 1 aliphatic carbocycles. The molecule has 2 N–H and O–H groups in total. The number of hydrogen-bond donors (Lipinski definition) is 2. The predicted molar refractivity (Wildman–Crippen MR) is 73.7 cm³/mol. The first-order valence-corrected chi connectivity index (χ1v) is 7.48. The predicted octanol–water partition coefficient (Wildman–Crippen LogP) is 2.02. The zero-order chi connectivity index (χ0) is 13.0. The topological polar surface area (TPSA) is 54.0 Å². The summed E-state index contributed by atoms with van der Waals surface area (Å²) < 4.78 is 0. The number of amides is 1. The van der Waals surface area contributed by atoms with Crippen LogP contribution in [0.2, 0.25) is 0 Å². The van der Waals surface area contributed by atoms with Crippen molar-refractivity contribution in [2.75, 3.05) is 6.54 Å². The Balaban J connectivity index is 1.71. The summed E-state index contributed by atoms with van der Waals surface area (Å²) in [6, 6.07) is 0.685. The van der Waals surface area contributed by atoms with Crippen LogP contribution in [0.1, 0.15) is 49.0 Å². The second-order valence-electron chi connectivity index (χ2n) is 4.79. The van der Waals surface area contributed by atoms with Crippen LogP contribution in [0.15, 0.2) is 6.20 Å². The molecule has 0 radical (unpaired) electrons. The van der Waals surface area contributed by atoms with E-state index in [1.165, 1.54) is 17.7 Å². The van der Waals surface area contributed by atoms with Gasteiger partial charge in [0.1, 0.15) is 5.01 Å². The van der Waals surface area contributed by atoms with Gasteiger partial charge < -0.3 is 10.6 Å². The van der Waals surface area contributed by atoms with Gasteiger partial charge in [-0.05, 0) is 26.2 Å². The Morgan fingerprint density at radius 3 is 3.00 bits per heavy atom. The zero-order valence-electron chi connectivity index (χ0n) is 11.0. The van der Waals surface area contributed by atoms with E-state index < -0.39 is 0 Å². The molecule has 5 heteroatoms. The maximum Gasteiger partial charge on any atom is 0.221 e. The van der Waals surface area contributed by atoms with Crippen molar-refractivity contribution in [3.05, 3.63) is 16.1 Å². The van der Waals surface area contributed by atoms with E-state index in [1.807, 2.05) is 13.1 Å². The van der Waals surface area contributed by atoms with Crippen LogP contribution in [0.25, 0.3) is 0 Å². The quantitative estimate of drug-likeness (QED) is 0.795. The van der Waals surface area contributed by atoms with Crippen molar-refractivity contribution in [1.82, 2.24) is 15.6 Å². The van der Waals surface area contributed by atoms with Crippen molar-refractivity contribution in [1.29, 1.82) is 0 Å². The number of rotatable bonds is 7. The summed E-state index contributed by atoms with van der Waals surface area (Å²) in [7, 11) is 0. The molecule has 0 spiro atoms. The average molecular weight is 267 g/mol. The summed E-state index contributed by atoms with van der Waals surface area (Å²) in [6.45, 7) is 4.88. The average Bonchev–Trinajstić information content (AvgIpc) is 3.04. The Bertz CT molecular complexity index is 401. The zero-order valence-corrected chi connectivity index (χ0v) is 11.8. The first kappa shape index (κ1) is 13.5. The number of carbonyl (C=O) groups is 1. The minimum atomic E-state index is 0.0173. The molecular formula is C13H21N3OS. The smallest absolute Gasteiger partial charge is 0.221 e. The van der Waals surface area contributed by atoms with Gasteiger partial charge in [-0.25, -0.2) is 4.98 Å². The molecule has 1 saturated carbocycles. The molecule has 1 unspecified atom stereocenters. The van der Waals surface area contributed by atoms with E-state index in [2.05, 4.69) is 22.5 Å². The molecule has 0 bridgehead atoms. The summed E-state index contributed by atoms with van der Waals surface area (Å²) in [5.74, 6) is 0.101. The highest BCUT2D eigenvalue weighted by atomic mass is 32.1. The van der Waals surface area contributed by atoms with E-state index in [1.54, 1.807) is 11.3 Å². The van der Waals surface area contributed by atoms with E-state index in [9.17, 15) is 4.79 Å². The number of aromatic nitrogens is 1. The fourth-order valence-corrected chi connectivity index (χ4v) is 2.60. The van der Waals surface area contributed by atoms with E-state index in [-0.39, 0.29) is 11.9 Å². The van der Waals surface area contributed by atoms with Gasteiger partial charge in [0.15, 0.2) is 0 Å². The van der Waals surface area contributed by atoms with E-state index in [0.29, 0.717) is 12.5 Å². The molecule has 1 fully saturated rings. The molecule has 4 nitrogen and oxygen atoms in total. The van der Waals surface area contributed by atoms with Gasteiger partial charge in [0.25, 0.3) is 0 Å². The Hall–Kier alpha value is -0.940. The van der Waals surface area contributed by atoms with Crippen molar-refractivity contribution < 1.29 is 4.79 Å². The molecule has 0 aliphatic heterocycles. The minimum Gasteiger partial charge on any atom is -0.347 e. The lowest BCUT2D eigenvalue weighted by atomic mass is 10.3. The van der Waals surface area contributed by atoms with Crippen LogP contribution in [-0.2, 0) is 11.2 Å². The summed E-state index contributed by atoms with van der Waals surface area (Å²) >= 11 is 1.68. The molecule has 0 saturated heterocycles. The molecule has 2 rings (SSSR count). The van der Waals surface area contributed by atoms with Crippen LogP contribution in [0.3, 0.4) is 0 Å². The number of hydrogen-bond acceptors (Lipinski definition) is 4. The lowest BCUT2D eigenvalue weighted by Crippen LogP contribution is -2.30. The van der Waals surface area contributed by atoms with Gasteiger partial charge in [0.2, 0.25) is 5.91 Å². The molecule has 1 amide bonds. The first-order valence-electron chi connectivity index (χ1n) is 6.66. The lowest BCUT2D eigenvalue weighted by Gasteiger charge is -2.11. The van der Waals surface area contributed by atoms with Gasteiger partial charge in [-0.1, -0.05) is 6.92 Å². The molecular weight excluding hydrogens is 246 g/mol. The van der Waals surface area contributed by atoms with E-state index in [4.69, 9.17) is 0 Å². The van der Waals surface area contributed by atoms with Crippen molar-refractivity contribution in [3.63, 3.8) is 0 Å². The number of thiazole rings is 1. The second-order valence-corrected chi connectivity index (χ2v) is 5.93. The summed E-state index contributed by atoms with van der Waals surface area (Å²) in [4.78, 5) is 17.3. The van der Waals surface area contributed by atoms with Gasteiger partial charge in [-0.15, -0.1) is 11.3 Å². The van der Waals surface area contributed by atoms with Crippen LogP contribution in [0, 0.1) is 0 Å². The summed E-state index contributed by atoms with van der Waals surface area (Å²) in [6.07, 6.45) is 5.97. The molecule has 18 heavy (non-hydrogen) atoms. The lowest BCUT2D eigenvalue weighted by molar-refractivity contribution is -0.121. The molecule has 1 aliphatic rings. The van der Waals surface area contributed by atoms with Gasteiger partial charge in [-0.2, -0.15) is 0 Å². The highest BCUT2D eigenvalue weighted by Gasteiger charge is 2.20. The fraction of sp³-hybridized carbons (Fsp3) is 0.692. The molecule has 0 aromatic carbocycles. The Morgan fingerprint density at radius 1 is 1.61 bits per heavy atom. The molecule has 100 valence electrons. The van der Waals surface area contributed by atoms with Crippen LogP contribution in [0.4, 0.5) is 0 Å². The Kier molecular flexibility index (Phi) is 4.72. The van der Waals surface area contributed by atoms with E-state index in [0.717, 1.165) is 18.0 Å². The van der Waals surface area contributed by atoms with Crippen LogP contribution < -0.4 is 10.6 Å². The number of nitrogens with one attached hydrogen (secondary N) is 2. The van der Waals surface area contributed by atoms with Gasteiger partial charge in [0.05, 0.1) is 6.04 Å². The van der Waals surface area contributed by atoms with Crippen molar-refractivity contribution in [2.24, 2.45) is 0 Å². The monoisotopic (exact) mass is 267 g/mol. The maximum absolute atomic E-state index is 11.7. The largest absolute Gasteiger partial charge is 0.347 e. The SMILES string of the molecule is CCc1cnc(C(C)NC(=O)CCNC2CC2)s1. The third kappa shape index (κ3) is 4.07. The Morgan fingerprint density at radius 2 is 2.39 bits per heavy atom. The summed E-state index contributed by atoms with van der Waals surface area (Å²) in [5, 5.41) is 7.33. The van der Waals surface area contributed by atoms with Crippen molar-refractivity contribution in [2.45, 2.75) is 51.6 Å². The fourth-order valence-electron chi connectivity index (χ4n) is 1.74. The number of carbonyl (C=O) groups excluding carboxylic acids is 1. The van der Waals surface area contributed by atoms with Gasteiger partial charge in [-0.3, -0.25) is 4.79 Å². The van der Waals surface area contributed by atoms with Crippen LogP contribution in [-0.4, -0.2) is 23.5 Å². The highest BCUT2D eigenvalue weighted by molar-refractivity contribution is 7.11. The number of nitrogens with zero attached hydrogens (tertiary/aromatic N) is 1. The molecule has 1 heterocycles. The normalized spacial score (nSPS) is 16.6. The maximum atomic E-state index is 11.7. The second kappa shape index (κ2) is 6.29. The molecule has 1 atom stereocenters. The van der Waals surface area contributed by atoms with Gasteiger partial charge >= 0.3 is 0 Å². The van der Waals surface area contributed by atoms with Crippen LogP contribution >= 0.6 is 11.3 Å². The van der Waals surface area contributed by atoms with Crippen molar-refractivity contribution in [3.8, 4) is 0 Å². The molecule has 1 aromatic heterocycles. The number of aryl methyl sites for hydroxylation is 1. The van der Waals surface area contributed by atoms with Crippen molar-refractivity contribution >= 4 is 17.2 Å². The minimum absolute atomic E-state index is 0.0173. The third-order valence-corrected chi connectivity index (χ3v) is 4.35. The molecule has 1 aromatic rings. The standard InChI is InChI=1S/C13H21N3OS/c1-3-11-8-15-13(18-11)9(2)16-12(17)6-7-14-10-4-5-10/h8-10,14H,3-7H2,1-2H3,(H,16,17). The summed E-state index contributed by atoms with van der Waals surface area (Å²) in [5.41, 5.74) is 0.